The van der Waals surface area contributed by atoms with Gasteiger partial charge in [0.2, 0.25) is 0 Å². The van der Waals surface area contributed by atoms with Crippen LogP contribution in [0.1, 0.15) is 49.9 Å². The molecule has 0 aliphatic carbocycles. The minimum absolute atomic E-state index is 0.148. The third-order valence-corrected chi connectivity index (χ3v) is 13.5. The number of hydrogen-bond donors (Lipinski definition) is 0. The molecule has 2 aliphatic rings. The number of fused-ring (bicyclic) bond motifs is 8. The number of benzene rings is 8. The summed E-state index contributed by atoms with van der Waals surface area (Å²) < 4.78 is 4.96. The zero-order valence-electron chi connectivity index (χ0n) is 33.7. The molecule has 3 heteroatoms. The summed E-state index contributed by atoms with van der Waals surface area (Å²) >= 11 is 0. The lowest BCUT2D eigenvalue weighted by molar-refractivity contribution is 0.629. The molecule has 0 spiro atoms. The van der Waals surface area contributed by atoms with Crippen molar-refractivity contribution < 1.29 is 0 Å². The SMILES string of the molecule is CC1(C)c2cc(-c3ccccc3)ccc2N(c2ccc(-c3ccccc3)cc2)c2ccc(-n3c4ccccc4c4cc5c6c(ccn6-c6ccccc6C5(C)C)c43)cc21. The number of aromatic nitrogens is 2. The monoisotopic (exact) mass is 757 g/mol. The highest BCUT2D eigenvalue weighted by Gasteiger charge is 2.39. The Balaban J connectivity index is 1.10. The van der Waals surface area contributed by atoms with Crippen molar-refractivity contribution >= 4 is 49.8 Å². The average molecular weight is 758 g/mol. The topological polar surface area (TPSA) is 13.1 Å². The van der Waals surface area contributed by atoms with E-state index in [1.807, 2.05) is 0 Å². The van der Waals surface area contributed by atoms with Crippen molar-refractivity contribution in [1.82, 2.24) is 9.13 Å². The van der Waals surface area contributed by atoms with Crippen LogP contribution in [0.25, 0.3) is 66.3 Å². The Labute approximate surface area is 345 Å². The first-order valence-electron chi connectivity index (χ1n) is 20.8. The molecule has 0 N–H and O–H groups in total. The first-order valence-corrected chi connectivity index (χ1v) is 20.8. The van der Waals surface area contributed by atoms with Gasteiger partial charge in [0.25, 0.3) is 0 Å². The predicted molar refractivity (Wildman–Crippen MR) is 247 cm³/mol. The lowest BCUT2D eigenvalue weighted by atomic mass is 9.72. The van der Waals surface area contributed by atoms with Gasteiger partial charge in [-0.3, -0.25) is 0 Å². The van der Waals surface area contributed by atoms with Gasteiger partial charge in [-0.2, -0.15) is 0 Å². The zero-order valence-corrected chi connectivity index (χ0v) is 33.7. The van der Waals surface area contributed by atoms with E-state index in [0.717, 1.165) is 5.69 Å². The molecule has 8 aromatic carbocycles. The Morgan fingerprint density at radius 2 is 0.932 bits per heavy atom. The fourth-order valence-corrected chi connectivity index (χ4v) is 10.5. The van der Waals surface area contributed by atoms with E-state index < -0.39 is 0 Å². The summed E-state index contributed by atoms with van der Waals surface area (Å²) in [6.07, 6.45) is 2.28. The van der Waals surface area contributed by atoms with Crippen LogP contribution >= 0.6 is 0 Å². The van der Waals surface area contributed by atoms with Crippen molar-refractivity contribution in [3.05, 3.63) is 210 Å². The summed E-state index contributed by atoms with van der Waals surface area (Å²) in [5, 5.41) is 3.85. The zero-order chi connectivity index (χ0) is 39.6. The lowest BCUT2D eigenvalue weighted by Crippen LogP contribution is -2.31. The molecule has 2 aliphatic heterocycles. The molecular weight excluding hydrogens is 715 g/mol. The third-order valence-electron chi connectivity index (χ3n) is 13.5. The second-order valence-electron chi connectivity index (χ2n) is 17.4. The Bertz CT molecular complexity index is 3310. The van der Waals surface area contributed by atoms with Gasteiger partial charge in [-0.25, -0.2) is 0 Å². The molecule has 0 saturated heterocycles. The molecule has 3 nitrogen and oxygen atoms in total. The van der Waals surface area contributed by atoms with Crippen molar-refractivity contribution in [2.24, 2.45) is 0 Å². The van der Waals surface area contributed by atoms with E-state index in [1.165, 1.54) is 100.0 Å². The highest BCUT2D eigenvalue weighted by atomic mass is 15.2. The van der Waals surface area contributed by atoms with Gasteiger partial charge in [0.05, 0.1) is 27.9 Å². The Morgan fingerprint density at radius 3 is 1.69 bits per heavy atom. The van der Waals surface area contributed by atoms with Crippen molar-refractivity contribution in [1.29, 1.82) is 0 Å². The van der Waals surface area contributed by atoms with E-state index in [9.17, 15) is 0 Å². The second-order valence-corrected chi connectivity index (χ2v) is 17.4. The molecule has 0 unspecified atom stereocenters. The fraction of sp³-hybridized carbons (Fsp3) is 0.107. The molecular formula is C56H43N3. The van der Waals surface area contributed by atoms with Crippen LogP contribution in [-0.4, -0.2) is 9.13 Å². The highest BCUT2D eigenvalue weighted by Crippen LogP contribution is 2.54. The van der Waals surface area contributed by atoms with E-state index in [1.54, 1.807) is 0 Å². The van der Waals surface area contributed by atoms with Crippen LogP contribution < -0.4 is 4.90 Å². The molecule has 0 amide bonds. The maximum Gasteiger partial charge on any atom is 0.0635 e. The molecule has 282 valence electrons. The smallest absolute Gasteiger partial charge is 0.0635 e. The minimum Gasteiger partial charge on any atom is -0.316 e. The van der Waals surface area contributed by atoms with Gasteiger partial charge in [0.15, 0.2) is 0 Å². The van der Waals surface area contributed by atoms with Crippen molar-refractivity contribution in [2.45, 2.75) is 38.5 Å². The van der Waals surface area contributed by atoms with Gasteiger partial charge in [0, 0.05) is 50.2 Å². The highest BCUT2D eigenvalue weighted by molar-refractivity contribution is 6.20. The van der Waals surface area contributed by atoms with Gasteiger partial charge < -0.3 is 14.0 Å². The molecule has 10 aromatic rings. The summed E-state index contributed by atoms with van der Waals surface area (Å²) in [6, 6.07) is 67.5. The van der Waals surface area contributed by atoms with Crippen molar-refractivity contribution in [3.8, 4) is 33.6 Å². The molecule has 0 fully saturated rings. The van der Waals surface area contributed by atoms with E-state index in [0.29, 0.717) is 0 Å². The molecule has 12 rings (SSSR count). The first-order chi connectivity index (χ1) is 28.8. The maximum atomic E-state index is 2.53. The van der Waals surface area contributed by atoms with Crippen molar-refractivity contribution in [2.75, 3.05) is 4.90 Å². The molecule has 0 atom stereocenters. The van der Waals surface area contributed by atoms with E-state index in [4.69, 9.17) is 0 Å². The predicted octanol–water partition coefficient (Wildman–Crippen LogP) is 14.8. The van der Waals surface area contributed by atoms with Crippen LogP contribution in [0.4, 0.5) is 17.1 Å². The van der Waals surface area contributed by atoms with Gasteiger partial charge >= 0.3 is 0 Å². The standard InChI is InChI=1S/C56H43N3/c1-55(2)45-20-12-14-22-50(45)57-32-31-43-53-44(35-48(55)54(43)57)42-19-11-13-21-49(42)59(53)41-28-30-52-47(34-41)56(3,4)46-33-39(37-17-9-6-10-18-37)25-29-51(46)58(52)40-26-23-38(24-27-40)36-15-7-5-8-16-36/h5-35H,1-4H3. The van der Waals surface area contributed by atoms with Crippen LogP contribution in [0.3, 0.4) is 0 Å². The normalized spacial score (nSPS) is 14.7. The van der Waals surface area contributed by atoms with E-state index in [-0.39, 0.29) is 10.8 Å². The molecule has 59 heavy (non-hydrogen) atoms. The van der Waals surface area contributed by atoms with E-state index >= 15 is 0 Å². The quantitative estimate of drug-likeness (QED) is 0.174. The number of hydrogen-bond acceptors (Lipinski definition) is 1. The Kier molecular flexibility index (Phi) is 7.03. The molecule has 4 heterocycles. The van der Waals surface area contributed by atoms with Gasteiger partial charge in [0.1, 0.15) is 0 Å². The van der Waals surface area contributed by atoms with Crippen LogP contribution in [0.15, 0.2) is 188 Å². The van der Waals surface area contributed by atoms with Crippen LogP contribution in [0.5, 0.6) is 0 Å². The molecule has 0 saturated carbocycles. The largest absolute Gasteiger partial charge is 0.316 e. The van der Waals surface area contributed by atoms with Gasteiger partial charge in [-0.05, 0) is 111 Å². The maximum absolute atomic E-state index is 2.53. The minimum atomic E-state index is -0.301. The summed E-state index contributed by atoms with van der Waals surface area (Å²) in [6.45, 7) is 9.58. The van der Waals surface area contributed by atoms with E-state index in [2.05, 4.69) is 230 Å². The summed E-state index contributed by atoms with van der Waals surface area (Å²) in [7, 11) is 0. The number of nitrogens with zero attached hydrogens (tertiary/aromatic N) is 3. The molecule has 0 bridgehead atoms. The molecule has 0 radical (unpaired) electrons. The third kappa shape index (κ3) is 4.76. The summed E-state index contributed by atoms with van der Waals surface area (Å²) in [5.41, 5.74) is 19.6. The second kappa shape index (κ2) is 12.2. The fourth-order valence-electron chi connectivity index (χ4n) is 10.5. The summed E-state index contributed by atoms with van der Waals surface area (Å²) in [5.74, 6) is 0. The van der Waals surface area contributed by atoms with Gasteiger partial charge in [-0.1, -0.05) is 143 Å². The van der Waals surface area contributed by atoms with Gasteiger partial charge in [-0.15, -0.1) is 0 Å². The van der Waals surface area contributed by atoms with Crippen molar-refractivity contribution in [3.63, 3.8) is 0 Å². The summed E-state index contributed by atoms with van der Waals surface area (Å²) in [4.78, 5) is 2.48. The average Bonchev–Trinajstić information content (AvgIpc) is 3.87. The van der Waals surface area contributed by atoms with Crippen LogP contribution in [0, 0.1) is 0 Å². The first kappa shape index (κ1) is 34.0. The number of anilines is 3. The number of para-hydroxylation sites is 2. The molecule has 2 aromatic heterocycles. The lowest BCUT2D eigenvalue weighted by Gasteiger charge is -2.42. The van der Waals surface area contributed by atoms with Crippen LogP contribution in [-0.2, 0) is 10.8 Å². The van der Waals surface area contributed by atoms with Crippen LogP contribution in [0.2, 0.25) is 0 Å². The Morgan fingerprint density at radius 1 is 0.356 bits per heavy atom. The number of rotatable bonds is 4. The Hall–Kier alpha value is -7.10.